The van der Waals surface area contributed by atoms with Gasteiger partial charge in [-0.3, -0.25) is 0 Å². The highest BCUT2D eigenvalue weighted by Gasteiger charge is 2.11. The summed E-state index contributed by atoms with van der Waals surface area (Å²) in [5, 5.41) is 0. The van der Waals surface area contributed by atoms with Gasteiger partial charge in [0.1, 0.15) is 5.78 Å². The summed E-state index contributed by atoms with van der Waals surface area (Å²) in [6, 6.07) is 0. The molecule has 0 aromatic carbocycles. The van der Waals surface area contributed by atoms with Crippen LogP contribution < -0.4 is 0 Å². The number of rotatable bonds is 12. The predicted octanol–water partition coefficient (Wildman–Crippen LogP) is 6.01. The molecule has 19 heavy (non-hydrogen) atoms. The molecular weight excluding hydrogens is 232 g/mol. The molecular formula is C18H36O. The fourth-order valence-corrected chi connectivity index (χ4v) is 3.08. The Hall–Kier alpha value is -0.330. The molecule has 0 fully saturated rings. The average Bonchev–Trinajstić information content (AvgIpc) is 2.27. The van der Waals surface area contributed by atoms with Gasteiger partial charge < -0.3 is 4.79 Å². The molecule has 0 amide bonds. The van der Waals surface area contributed by atoms with Crippen molar-refractivity contribution in [3.05, 3.63) is 0 Å². The maximum Gasteiger partial charge on any atom is 0.130 e. The first-order chi connectivity index (χ1) is 8.95. The molecule has 0 aliphatic heterocycles. The zero-order chi connectivity index (χ0) is 14.7. The molecule has 0 aliphatic carbocycles. The average molecular weight is 268 g/mol. The standard InChI is InChI=1S/C18H36O/c1-6-7-8-10-15(2)11-9-12-16(3)13-17(4)14-18(5)19/h15-17H,6-14H2,1-5H3. The molecule has 3 unspecified atom stereocenters. The van der Waals surface area contributed by atoms with Gasteiger partial charge in [-0.1, -0.05) is 72.6 Å². The van der Waals surface area contributed by atoms with Crippen LogP contribution in [0.25, 0.3) is 0 Å². The van der Waals surface area contributed by atoms with Crippen molar-refractivity contribution in [1.82, 2.24) is 0 Å². The summed E-state index contributed by atoms with van der Waals surface area (Å²) in [6.45, 7) is 10.9. The van der Waals surface area contributed by atoms with Crippen molar-refractivity contribution in [2.24, 2.45) is 17.8 Å². The van der Waals surface area contributed by atoms with Gasteiger partial charge >= 0.3 is 0 Å². The van der Waals surface area contributed by atoms with Gasteiger partial charge in [-0.15, -0.1) is 0 Å². The normalized spacial score (nSPS) is 16.1. The Kier molecular flexibility index (Phi) is 11.3. The topological polar surface area (TPSA) is 17.1 Å². The zero-order valence-corrected chi connectivity index (χ0v) is 14.0. The predicted molar refractivity (Wildman–Crippen MR) is 85.4 cm³/mol. The fraction of sp³-hybridized carbons (Fsp3) is 0.944. The van der Waals surface area contributed by atoms with Gasteiger partial charge in [0.15, 0.2) is 0 Å². The smallest absolute Gasteiger partial charge is 0.130 e. The molecule has 0 N–H and O–H groups in total. The lowest BCUT2D eigenvalue weighted by atomic mass is 9.88. The number of Topliss-reactive ketones (excluding diaryl/α,β-unsaturated/α-hetero) is 1. The second-order valence-corrected chi connectivity index (χ2v) is 6.88. The lowest BCUT2D eigenvalue weighted by molar-refractivity contribution is -0.117. The van der Waals surface area contributed by atoms with Crippen LogP contribution >= 0.6 is 0 Å². The summed E-state index contributed by atoms with van der Waals surface area (Å²) in [6.07, 6.45) is 11.6. The van der Waals surface area contributed by atoms with E-state index in [4.69, 9.17) is 0 Å². The third-order valence-electron chi connectivity index (χ3n) is 4.13. The summed E-state index contributed by atoms with van der Waals surface area (Å²) in [7, 11) is 0. The Morgan fingerprint density at radius 3 is 2.00 bits per heavy atom. The van der Waals surface area contributed by atoms with E-state index in [1.165, 1.54) is 51.4 Å². The van der Waals surface area contributed by atoms with Gasteiger partial charge in [-0.25, -0.2) is 0 Å². The van der Waals surface area contributed by atoms with Crippen molar-refractivity contribution in [3.63, 3.8) is 0 Å². The molecule has 1 nitrogen and oxygen atoms in total. The van der Waals surface area contributed by atoms with Crippen molar-refractivity contribution >= 4 is 5.78 Å². The number of hydrogen-bond donors (Lipinski definition) is 0. The molecule has 1 heteroatoms. The van der Waals surface area contributed by atoms with Crippen LogP contribution in [0.1, 0.15) is 92.4 Å². The van der Waals surface area contributed by atoms with Crippen LogP contribution in [-0.2, 0) is 4.79 Å². The monoisotopic (exact) mass is 268 g/mol. The summed E-state index contributed by atoms with van der Waals surface area (Å²) in [4.78, 5) is 11.1. The van der Waals surface area contributed by atoms with Gasteiger partial charge in [0.05, 0.1) is 0 Å². The molecule has 0 aromatic heterocycles. The zero-order valence-electron chi connectivity index (χ0n) is 14.0. The maximum atomic E-state index is 11.1. The van der Waals surface area contributed by atoms with E-state index >= 15 is 0 Å². The molecule has 0 saturated heterocycles. The van der Waals surface area contributed by atoms with Gasteiger partial charge in [-0.2, -0.15) is 0 Å². The quantitative estimate of drug-likeness (QED) is 0.396. The third kappa shape index (κ3) is 12.4. The number of carbonyl (C=O) groups is 1. The fourth-order valence-electron chi connectivity index (χ4n) is 3.08. The van der Waals surface area contributed by atoms with E-state index in [0.717, 1.165) is 18.3 Å². The SMILES string of the molecule is CCCCCC(C)CCCC(C)CC(C)CC(C)=O. The van der Waals surface area contributed by atoms with E-state index in [1.54, 1.807) is 6.92 Å². The highest BCUT2D eigenvalue weighted by atomic mass is 16.1. The molecule has 0 aromatic rings. The molecule has 0 spiro atoms. The summed E-state index contributed by atoms with van der Waals surface area (Å²) in [5.74, 6) is 2.57. The van der Waals surface area contributed by atoms with Crippen LogP contribution in [0.3, 0.4) is 0 Å². The maximum absolute atomic E-state index is 11.1. The van der Waals surface area contributed by atoms with E-state index in [9.17, 15) is 4.79 Å². The number of unbranched alkanes of at least 4 members (excludes halogenated alkanes) is 2. The first kappa shape index (κ1) is 18.7. The van der Waals surface area contributed by atoms with Crippen LogP contribution in [-0.4, -0.2) is 5.78 Å². The van der Waals surface area contributed by atoms with Crippen molar-refractivity contribution in [2.75, 3.05) is 0 Å². The van der Waals surface area contributed by atoms with Crippen molar-refractivity contribution in [1.29, 1.82) is 0 Å². The van der Waals surface area contributed by atoms with Crippen LogP contribution in [0, 0.1) is 17.8 Å². The summed E-state index contributed by atoms with van der Waals surface area (Å²) in [5.41, 5.74) is 0. The van der Waals surface area contributed by atoms with Crippen LogP contribution in [0.4, 0.5) is 0 Å². The molecule has 0 radical (unpaired) electrons. The Labute approximate surface area is 121 Å². The van der Waals surface area contributed by atoms with E-state index in [-0.39, 0.29) is 0 Å². The molecule has 3 atom stereocenters. The van der Waals surface area contributed by atoms with Crippen molar-refractivity contribution in [2.45, 2.75) is 92.4 Å². The highest BCUT2D eigenvalue weighted by molar-refractivity contribution is 5.75. The summed E-state index contributed by atoms with van der Waals surface area (Å²) >= 11 is 0. The van der Waals surface area contributed by atoms with E-state index in [0.29, 0.717) is 11.7 Å². The van der Waals surface area contributed by atoms with Gasteiger partial charge in [0.2, 0.25) is 0 Å². The largest absolute Gasteiger partial charge is 0.300 e. The first-order valence-electron chi connectivity index (χ1n) is 8.45. The Morgan fingerprint density at radius 2 is 1.42 bits per heavy atom. The van der Waals surface area contributed by atoms with E-state index in [1.807, 2.05) is 0 Å². The molecule has 114 valence electrons. The minimum atomic E-state index is 0.337. The van der Waals surface area contributed by atoms with E-state index in [2.05, 4.69) is 27.7 Å². The van der Waals surface area contributed by atoms with Gasteiger partial charge in [0.25, 0.3) is 0 Å². The van der Waals surface area contributed by atoms with E-state index < -0.39 is 0 Å². The minimum Gasteiger partial charge on any atom is -0.300 e. The molecule has 0 aliphatic rings. The highest BCUT2D eigenvalue weighted by Crippen LogP contribution is 2.23. The number of ketones is 1. The molecule has 0 saturated carbocycles. The molecule has 0 heterocycles. The Morgan fingerprint density at radius 1 is 0.842 bits per heavy atom. The van der Waals surface area contributed by atoms with Crippen LogP contribution in [0.2, 0.25) is 0 Å². The summed E-state index contributed by atoms with van der Waals surface area (Å²) < 4.78 is 0. The lowest BCUT2D eigenvalue weighted by Crippen LogP contribution is -2.07. The first-order valence-corrected chi connectivity index (χ1v) is 8.45. The Bertz CT molecular complexity index is 222. The van der Waals surface area contributed by atoms with Crippen LogP contribution in [0.15, 0.2) is 0 Å². The Balaban J connectivity index is 3.56. The van der Waals surface area contributed by atoms with Crippen LogP contribution in [0.5, 0.6) is 0 Å². The second-order valence-electron chi connectivity index (χ2n) is 6.88. The lowest BCUT2D eigenvalue weighted by Gasteiger charge is -2.17. The third-order valence-corrected chi connectivity index (χ3v) is 4.13. The minimum absolute atomic E-state index is 0.337. The van der Waals surface area contributed by atoms with Gasteiger partial charge in [0, 0.05) is 6.42 Å². The molecule has 0 rings (SSSR count). The number of carbonyl (C=O) groups excluding carboxylic acids is 1. The van der Waals surface area contributed by atoms with Gasteiger partial charge in [-0.05, 0) is 31.1 Å². The molecule has 0 bridgehead atoms. The second kappa shape index (κ2) is 11.5. The number of hydrogen-bond acceptors (Lipinski definition) is 1. The van der Waals surface area contributed by atoms with Crippen molar-refractivity contribution < 1.29 is 4.79 Å². The van der Waals surface area contributed by atoms with Crippen molar-refractivity contribution in [3.8, 4) is 0 Å².